The van der Waals surface area contributed by atoms with Gasteiger partial charge in [-0.25, -0.2) is 0 Å². The molecule has 1 aromatic carbocycles. The fourth-order valence-electron chi connectivity index (χ4n) is 2.91. The second kappa shape index (κ2) is 6.68. The Morgan fingerprint density at radius 2 is 1.92 bits per heavy atom. The molecule has 0 radical (unpaired) electrons. The highest BCUT2D eigenvalue weighted by atomic mass is 32.1. The van der Waals surface area contributed by atoms with Crippen LogP contribution in [-0.2, 0) is 16.1 Å². The molecule has 0 atom stereocenters. The summed E-state index contributed by atoms with van der Waals surface area (Å²) in [6.07, 6.45) is 0.919. The Kier molecular flexibility index (Phi) is 4.62. The number of nitrogens with zero attached hydrogens (tertiary/aromatic N) is 1. The summed E-state index contributed by atoms with van der Waals surface area (Å²) in [5.41, 5.74) is 1.03. The number of methoxy groups -OCH3 is 3. The summed E-state index contributed by atoms with van der Waals surface area (Å²) in [5.74, 6) is 1.09. The SMILES string of the molecule is COC(=O)CCCN1Cc2c(sc3cc(OC)c(OC)cc23)C1=O. The summed E-state index contributed by atoms with van der Waals surface area (Å²) in [4.78, 5) is 26.3. The first-order chi connectivity index (χ1) is 11.6. The molecular weight excluding hydrogens is 330 g/mol. The molecule has 0 saturated carbocycles. The van der Waals surface area contributed by atoms with Crippen molar-refractivity contribution < 1.29 is 23.8 Å². The predicted octanol–water partition coefficient (Wildman–Crippen LogP) is 2.83. The summed E-state index contributed by atoms with van der Waals surface area (Å²) < 4.78 is 16.3. The van der Waals surface area contributed by atoms with Crippen LogP contribution in [-0.4, -0.2) is 44.7 Å². The summed E-state index contributed by atoms with van der Waals surface area (Å²) >= 11 is 1.47. The first kappa shape index (κ1) is 16.6. The molecule has 1 aliphatic rings. The summed E-state index contributed by atoms with van der Waals surface area (Å²) in [6, 6.07) is 3.83. The Labute approximate surface area is 143 Å². The molecule has 2 heterocycles. The number of carbonyl (C=O) groups is 2. The monoisotopic (exact) mass is 349 g/mol. The summed E-state index contributed by atoms with van der Waals surface area (Å²) in [5, 5.41) is 1.02. The van der Waals surface area contributed by atoms with Crippen molar-refractivity contribution in [2.75, 3.05) is 27.9 Å². The van der Waals surface area contributed by atoms with E-state index >= 15 is 0 Å². The number of fused-ring (bicyclic) bond motifs is 3. The third-order valence-electron chi connectivity index (χ3n) is 4.16. The minimum absolute atomic E-state index is 0.0222. The molecule has 6 nitrogen and oxygen atoms in total. The largest absolute Gasteiger partial charge is 0.493 e. The maximum Gasteiger partial charge on any atom is 0.305 e. The number of rotatable bonds is 6. The lowest BCUT2D eigenvalue weighted by Crippen LogP contribution is -2.25. The standard InChI is InChI=1S/C17H19NO5S/c1-21-12-7-10-11-9-18(6-4-5-15(19)23-3)17(20)16(11)24-14(10)8-13(12)22-2/h7-8H,4-6,9H2,1-3H3. The molecule has 1 amide bonds. The Balaban J connectivity index is 1.83. The number of ether oxygens (including phenoxy) is 3. The van der Waals surface area contributed by atoms with Gasteiger partial charge in [0.05, 0.1) is 26.2 Å². The molecule has 0 N–H and O–H groups in total. The van der Waals surface area contributed by atoms with E-state index < -0.39 is 0 Å². The van der Waals surface area contributed by atoms with Crippen LogP contribution in [0.15, 0.2) is 12.1 Å². The smallest absolute Gasteiger partial charge is 0.305 e. The van der Waals surface area contributed by atoms with Crippen LogP contribution >= 0.6 is 11.3 Å². The average Bonchev–Trinajstić information content (AvgIpc) is 3.10. The fourth-order valence-corrected chi connectivity index (χ4v) is 4.10. The molecular formula is C17H19NO5S. The molecule has 128 valence electrons. The molecule has 2 aromatic rings. The van der Waals surface area contributed by atoms with E-state index in [2.05, 4.69) is 4.74 Å². The van der Waals surface area contributed by atoms with Crippen LogP contribution < -0.4 is 9.47 Å². The minimum atomic E-state index is -0.251. The van der Waals surface area contributed by atoms with E-state index in [0.29, 0.717) is 37.4 Å². The minimum Gasteiger partial charge on any atom is -0.493 e. The van der Waals surface area contributed by atoms with Crippen molar-refractivity contribution in [1.29, 1.82) is 0 Å². The van der Waals surface area contributed by atoms with Gasteiger partial charge in [0.25, 0.3) is 5.91 Å². The second-order valence-electron chi connectivity index (χ2n) is 5.52. The van der Waals surface area contributed by atoms with E-state index in [9.17, 15) is 9.59 Å². The third kappa shape index (κ3) is 2.80. The van der Waals surface area contributed by atoms with Gasteiger partial charge in [0.2, 0.25) is 0 Å². The van der Waals surface area contributed by atoms with Crippen molar-refractivity contribution in [3.05, 3.63) is 22.6 Å². The molecule has 0 aliphatic carbocycles. The fraction of sp³-hybridized carbons (Fsp3) is 0.412. The van der Waals surface area contributed by atoms with Crippen LogP contribution in [0.1, 0.15) is 28.1 Å². The van der Waals surface area contributed by atoms with Crippen LogP contribution in [0.4, 0.5) is 0 Å². The van der Waals surface area contributed by atoms with Crippen molar-refractivity contribution in [2.24, 2.45) is 0 Å². The van der Waals surface area contributed by atoms with Crippen molar-refractivity contribution in [3.63, 3.8) is 0 Å². The molecule has 24 heavy (non-hydrogen) atoms. The van der Waals surface area contributed by atoms with Crippen LogP contribution in [0.5, 0.6) is 11.5 Å². The van der Waals surface area contributed by atoms with Gasteiger partial charge >= 0.3 is 5.97 Å². The zero-order valence-electron chi connectivity index (χ0n) is 13.9. The van der Waals surface area contributed by atoms with Gasteiger partial charge in [0.15, 0.2) is 11.5 Å². The number of esters is 1. The van der Waals surface area contributed by atoms with Crippen molar-refractivity contribution in [1.82, 2.24) is 4.90 Å². The van der Waals surface area contributed by atoms with E-state index in [1.807, 2.05) is 12.1 Å². The van der Waals surface area contributed by atoms with Crippen LogP contribution in [0, 0.1) is 0 Å². The quantitative estimate of drug-likeness (QED) is 0.750. The van der Waals surface area contributed by atoms with Gasteiger partial charge in [0, 0.05) is 41.2 Å². The molecule has 3 rings (SSSR count). The van der Waals surface area contributed by atoms with E-state index in [1.54, 1.807) is 19.1 Å². The molecule has 0 unspecified atom stereocenters. The zero-order chi connectivity index (χ0) is 17.3. The number of hydrogen-bond acceptors (Lipinski definition) is 6. The third-order valence-corrected chi connectivity index (χ3v) is 5.35. The molecule has 1 aromatic heterocycles. The van der Waals surface area contributed by atoms with E-state index in [-0.39, 0.29) is 11.9 Å². The highest BCUT2D eigenvalue weighted by Gasteiger charge is 2.31. The van der Waals surface area contributed by atoms with Crippen molar-refractivity contribution in [3.8, 4) is 11.5 Å². The van der Waals surface area contributed by atoms with Crippen LogP contribution in [0.3, 0.4) is 0 Å². The number of thiophene rings is 1. The Hall–Kier alpha value is -2.28. The molecule has 7 heteroatoms. The van der Waals surface area contributed by atoms with Gasteiger partial charge < -0.3 is 19.1 Å². The van der Waals surface area contributed by atoms with E-state index in [4.69, 9.17) is 9.47 Å². The molecule has 1 aliphatic heterocycles. The lowest BCUT2D eigenvalue weighted by molar-refractivity contribution is -0.140. The van der Waals surface area contributed by atoms with Gasteiger partial charge in [-0.05, 0) is 12.5 Å². The van der Waals surface area contributed by atoms with Crippen LogP contribution in [0.25, 0.3) is 10.1 Å². The molecule has 0 bridgehead atoms. The summed E-state index contributed by atoms with van der Waals surface area (Å²) in [6.45, 7) is 1.11. The van der Waals surface area contributed by atoms with Crippen molar-refractivity contribution >= 4 is 33.3 Å². The Morgan fingerprint density at radius 1 is 1.21 bits per heavy atom. The maximum atomic E-state index is 12.6. The Bertz CT molecular complexity index is 798. The van der Waals surface area contributed by atoms with Gasteiger partial charge in [-0.3, -0.25) is 9.59 Å². The first-order valence-electron chi connectivity index (χ1n) is 7.62. The zero-order valence-corrected chi connectivity index (χ0v) is 14.7. The van der Waals surface area contributed by atoms with Gasteiger partial charge in [0.1, 0.15) is 0 Å². The highest BCUT2D eigenvalue weighted by molar-refractivity contribution is 7.21. The van der Waals surface area contributed by atoms with Crippen LogP contribution in [0.2, 0.25) is 0 Å². The Morgan fingerprint density at radius 3 is 2.58 bits per heavy atom. The average molecular weight is 349 g/mol. The number of hydrogen-bond donors (Lipinski definition) is 0. The topological polar surface area (TPSA) is 65.1 Å². The first-order valence-corrected chi connectivity index (χ1v) is 8.44. The second-order valence-corrected chi connectivity index (χ2v) is 6.57. The number of amides is 1. The molecule has 0 spiro atoms. The number of carbonyl (C=O) groups excluding carboxylic acids is 2. The lowest BCUT2D eigenvalue weighted by Gasteiger charge is -2.15. The lowest BCUT2D eigenvalue weighted by atomic mass is 10.1. The normalized spacial score (nSPS) is 13.3. The maximum absolute atomic E-state index is 12.6. The van der Waals surface area contributed by atoms with E-state index in [1.165, 1.54) is 18.4 Å². The molecule has 0 saturated heterocycles. The summed E-state index contributed by atoms with van der Waals surface area (Å²) in [7, 11) is 4.56. The van der Waals surface area contributed by atoms with Gasteiger partial charge in [-0.15, -0.1) is 11.3 Å². The van der Waals surface area contributed by atoms with Gasteiger partial charge in [-0.2, -0.15) is 0 Å². The highest BCUT2D eigenvalue weighted by Crippen LogP contribution is 2.42. The van der Waals surface area contributed by atoms with Crippen molar-refractivity contribution in [2.45, 2.75) is 19.4 Å². The predicted molar refractivity (Wildman–Crippen MR) is 90.9 cm³/mol. The molecule has 0 fully saturated rings. The number of benzene rings is 1. The van der Waals surface area contributed by atoms with E-state index in [0.717, 1.165) is 20.5 Å². The van der Waals surface area contributed by atoms with Gasteiger partial charge in [-0.1, -0.05) is 0 Å².